The van der Waals surface area contributed by atoms with Gasteiger partial charge in [-0.2, -0.15) is 11.8 Å². The van der Waals surface area contributed by atoms with Gasteiger partial charge in [0, 0.05) is 18.2 Å². The molecule has 74 valence electrons. The molecule has 0 aliphatic rings. The summed E-state index contributed by atoms with van der Waals surface area (Å²) in [5.41, 5.74) is 0. The molecular formula is C9H20ClNS. The van der Waals surface area contributed by atoms with E-state index in [4.69, 9.17) is 11.6 Å². The predicted octanol–water partition coefficient (Wildman–Crippen LogP) is 2.59. The zero-order chi connectivity index (χ0) is 9.23. The van der Waals surface area contributed by atoms with Gasteiger partial charge in [-0.15, -0.1) is 11.6 Å². The molecule has 0 aromatic rings. The number of halogens is 1. The van der Waals surface area contributed by atoms with E-state index in [9.17, 15) is 0 Å². The highest BCUT2D eigenvalue weighted by atomic mass is 35.5. The van der Waals surface area contributed by atoms with E-state index in [-0.39, 0.29) is 0 Å². The number of nitrogens with one attached hydrogen (secondary N) is 1. The van der Waals surface area contributed by atoms with Crippen molar-refractivity contribution in [1.82, 2.24) is 5.32 Å². The molecule has 0 aliphatic carbocycles. The maximum Gasteiger partial charge on any atom is 0.0226 e. The molecule has 0 saturated carbocycles. The summed E-state index contributed by atoms with van der Waals surface area (Å²) >= 11 is 7.61. The second-order valence-electron chi connectivity index (χ2n) is 2.98. The summed E-state index contributed by atoms with van der Waals surface area (Å²) in [5.74, 6) is 3.95. The summed E-state index contributed by atoms with van der Waals surface area (Å²) in [6.45, 7) is 6.67. The summed E-state index contributed by atoms with van der Waals surface area (Å²) in [6, 6.07) is 0. The largest absolute Gasteiger partial charge is 0.316 e. The van der Waals surface area contributed by atoms with Crippen molar-refractivity contribution < 1.29 is 0 Å². The van der Waals surface area contributed by atoms with Crippen molar-refractivity contribution in [2.75, 3.05) is 30.5 Å². The van der Waals surface area contributed by atoms with Crippen LogP contribution in [0.15, 0.2) is 0 Å². The lowest BCUT2D eigenvalue weighted by atomic mass is 10.1. The average molecular weight is 210 g/mol. The minimum atomic E-state index is 0.717. The third-order valence-corrected chi connectivity index (χ3v) is 2.84. The Bertz CT molecular complexity index is 90.6. The molecule has 3 heteroatoms. The van der Waals surface area contributed by atoms with Crippen molar-refractivity contribution in [3.63, 3.8) is 0 Å². The van der Waals surface area contributed by atoms with E-state index in [0.717, 1.165) is 25.4 Å². The maximum atomic E-state index is 5.63. The first-order chi connectivity index (χ1) is 5.81. The summed E-state index contributed by atoms with van der Waals surface area (Å²) in [7, 11) is 0. The van der Waals surface area contributed by atoms with Crippen LogP contribution >= 0.6 is 23.4 Å². The van der Waals surface area contributed by atoms with Gasteiger partial charge in [0.2, 0.25) is 0 Å². The molecule has 0 rings (SSSR count). The van der Waals surface area contributed by atoms with Gasteiger partial charge in [0.15, 0.2) is 0 Å². The van der Waals surface area contributed by atoms with Crippen LogP contribution in [-0.2, 0) is 0 Å². The predicted molar refractivity (Wildman–Crippen MR) is 60.4 cm³/mol. The van der Waals surface area contributed by atoms with Gasteiger partial charge in [-0.25, -0.2) is 0 Å². The van der Waals surface area contributed by atoms with Crippen molar-refractivity contribution >= 4 is 23.4 Å². The first-order valence-electron chi connectivity index (χ1n) is 4.65. The van der Waals surface area contributed by atoms with Crippen LogP contribution in [0.1, 0.15) is 20.3 Å². The van der Waals surface area contributed by atoms with Crippen molar-refractivity contribution in [2.45, 2.75) is 20.3 Å². The lowest BCUT2D eigenvalue weighted by molar-refractivity contribution is 0.513. The van der Waals surface area contributed by atoms with E-state index < -0.39 is 0 Å². The van der Waals surface area contributed by atoms with Crippen molar-refractivity contribution in [1.29, 1.82) is 0 Å². The standard InChI is InChI=1S/C9H20ClNS/c1-3-12-7-6-11-8-9(2)4-5-10/h9,11H,3-8H2,1-2H3. The van der Waals surface area contributed by atoms with Crippen molar-refractivity contribution in [3.05, 3.63) is 0 Å². The molecule has 12 heavy (non-hydrogen) atoms. The van der Waals surface area contributed by atoms with Gasteiger partial charge < -0.3 is 5.32 Å². The van der Waals surface area contributed by atoms with Gasteiger partial charge in [-0.1, -0.05) is 13.8 Å². The highest BCUT2D eigenvalue weighted by Crippen LogP contribution is 2.01. The quantitative estimate of drug-likeness (QED) is 0.487. The minimum Gasteiger partial charge on any atom is -0.316 e. The lowest BCUT2D eigenvalue weighted by Gasteiger charge is -2.10. The Morgan fingerprint density at radius 3 is 2.83 bits per heavy atom. The van der Waals surface area contributed by atoms with Gasteiger partial charge in [-0.3, -0.25) is 0 Å². The summed E-state index contributed by atoms with van der Waals surface area (Å²) in [5, 5.41) is 3.43. The van der Waals surface area contributed by atoms with Gasteiger partial charge >= 0.3 is 0 Å². The van der Waals surface area contributed by atoms with Gasteiger partial charge in [0.1, 0.15) is 0 Å². The van der Waals surface area contributed by atoms with Gasteiger partial charge in [0.05, 0.1) is 0 Å². The zero-order valence-corrected chi connectivity index (χ0v) is 9.68. The first kappa shape index (κ1) is 12.6. The molecule has 0 aromatic heterocycles. The van der Waals surface area contributed by atoms with Crippen LogP contribution in [-0.4, -0.2) is 30.5 Å². The molecule has 1 nitrogen and oxygen atoms in total. The van der Waals surface area contributed by atoms with E-state index in [0.29, 0.717) is 5.92 Å². The fourth-order valence-corrected chi connectivity index (χ4v) is 1.88. The van der Waals surface area contributed by atoms with Crippen LogP contribution in [0, 0.1) is 5.92 Å². The molecule has 0 aromatic carbocycles. The molecule has 0 spiro atoms. The summed E-state index contributed by atoms with van der Waals surface area (Å²) in [6.07, 6.45) is 1.12. The van der Waals surface area contributed by atoms with Crippen LogP contribution in [0.25, 0.3) is 0 Å². The number of hydrogen-bond donors (Lipinski definition) is 1. The Morgan fingerprint density at radius 2 is 2.25 bits per heavy atom. The fraction of sp³-hybridized carbons (Fsp3) is 1.00. The highest BCUT2D eigenvalue weighted by molar-refractivity contribution is 7.99. The Hall–Kier alpha value is 0.600. The SMILES string of the molecule is CCSCCNCC(C)CCCl. The third kappa shape index (κ3) is 8.69. The normalized spacial score (nSPS) is 13.2. The molecule has 0 fully saturated rings. The third-order valence-electron chi connectivity index (χ3n) is 1.72. The molecule has 1 N–H and O–H groups in total. The second kappa shape index (κ2) is 9.69. The molecule has 0 saturated heterocycles. The number of rotatable bonds is 8. The lowest BCUT2D eigenvalue weighted by Crippen LogP contribution is -2.23. The zero-order valence-electron chi connectivity index (χ0n) is 8.11. The van der Waals surface area contributed by atoms with E-state index in [1.54, 1.807) is 0 Å². The fourth-order valence-electron chi connectivity index (χ4n) is 0.925. The Kier molecular flexibility index (Phi) is 10.2. The van der Waals surface area contributed by atoms with Gasteiger partial charge in [0.25, 0.3) is 0 Å². The van der Waals surface area contributed by atoms with Crippen LogP contribution < -0.4 is 5.32 Å². The monoisotopic (exact) mass is 209 g/mol. The molecule has 0 heterocycles. The van der Waals surface area contributed by atoms with E-state index in [2.05, 4.69) is 19.2 Å². The first-order valence-corrected chi connectivity index (χ1v) is 6.34. The highest BCUT2D eigenvalue weighted by Gasteiger charge is 1.98. The Morgan fingerprint density at radius 1 is 1.50 bits per heavy atom. The number of alkyl halides is 1. The van der Waals surface area contributed by atoms with Crippen LogP contribution in [0.3, 0.4) is 0 Å². The Labute approximate surface area is 85.6 Å². The molecule has 0 bridgehead atoms. The smallest absolute Gasteiger partial charge is 0.0226 e. The van der Waals surface area contributed by atoms with E-state index in [1.165, 1.54) is 11.5 Å². The molecule has 0 amide bonds. The average Bonchev–Trinajstić information content (AvgIpc) is 2.05. The number of hydrogen-bond acceptors (Lipinski definition) is 2. The van der Waals surface area contributed by atoms with Crippen molar-refractivity contribution in [2.24, 2.45) is 5.92 Å². The summed E-state index contributed by atoms with van der Waals surface area (Å²) < 4.78 is 0. The summed E-state index contributed by atoms with van der Waals surface area (Å²) in [4.78, 5) is 0. The second-order valence-corrected chi connectivity index (χ2v) is 4.76. The van der Waals surface area contributed by atoms with Crippen LogP contribution in [0.2, 0.25) is 0 Å². The van der Waals surface area contributed by atoms with Crippen LogP contribution in [0.4, 0.5) is 0 Å². The molecule has 0 radical (unpaired) electrons. The van der Waals surface area contributed by atoms with Crippen molar-refractivity contribution in [3.8, 4) is 0 Å². The molecule has 1 unspecified atom stereocenters. The van der Waals surface area contributed by atoms with E-state index in [1.807, 2.05) is 11.8 Å². The maximum absolute atomic E-state index is 5.63. The Balaban J connectivity index is 2.97. The van der Waals surface area contributed by atoms with Crippen LogP contribution in [0.5, 0.6) is 0 Å². The molecule has 0 aliphatic heterocycles. The number of thioether (sulfide) groups is 1. The van der Waals surface area contributed by atoms with E-state index >= 15 is 0 Å². The minimum absolute atomic E-state index is 0.717. The van der Waals surface area contributed by atoms with Gasteiger partial charge in [-0.05, 0) is 24.6 Å². The molecule has 1 atom stereocenters. The molecular weight excluding hydrogens is 190 g/mol. The topological polar surface area (TPSA) is 12.0 Å².